The summed E-state index contributed by atoms with van der Waals surface area (Å²) in [4.78, 5) is 16.3. The molecule has 1 aromatic rings. The van der Waals surface area contributed by atoms with E-state index >= 15 is 0 Å². The fourth-order valence-corrected chi connectivity index (χ4v) is 2.31. The lowest BCUT2D eigenvalue weighted by Crippen LogP contribution is -2.43. The zero-order valence-corrected chi connectivity index (χ0v) is 14.0. The van der Waals surface area contributed by atoms with Crippen LogP contribution in [0.3, 0.4) is 0 Å². The minimum Gasteiger partial charge on any atom is -0.378 e. The summed E-state index contributed by atoms with van der Waals surface area (Å²) in [7, 11) is 4.03. The molecule has 1 unspecified atom stereocenters. The van der Waals surface area contributed by atoms with Gasteiger partial charge in [0.15, 0.2) is 0 Å². The van der Waals surface area contributed by atoms with Gasteiger partial charge in [-0.05, 0) is 37.0 Å². The predicted molar refractivity (Wildman–Crippen MR) is 89.3 cm³/mol. The third kappa shape index (κ3) is 5.38. The molecular formula is C17H29N3O. The highest BCUT2D eigenvalue weighted by molar-refractivity contribution is 5.81. The van der Waals surface area contributed by atoms with Crippen molar-refractivity contribution < 1.29 is 4.79 Å². The van der Waals surface area contributed by atoms with Gasteiger partial charge in [0.1, 0.15) is 0 Å². The highest BCUT2D eigenvalue weighted by atomic mass is 16.2. The Hall–Kier alpha value is -1.55. The van der Waals surface area contributed by atoms with Gasteiger partial charge in [0.05, 0.1) is 6.04 Å². The van der Waals surface area contributed by atoms with Gasteiger partial charge >= 0.3 is 0 Å². The summed E-state index contributed by atoms with van der Waals surface area (Å²) in [5.41, 5.74) is 8.30. The number of benzene rings is 1. The second-order valence-corrected chi connectivity index (χ2v) is 6.15. The van der Waals surface area contributed by atoms with E-state index in [4.69, 9.17) is 5.73 Å². The van der Waals surface area contributed by atoms with Crippen molar-refractivity contribution in [3.8, 4) is 0 Å². The fourth-order valence-electron chi connectivity index (χ4n) is 2.31. The molecule has 0 heterocycles. The Morgan fingerprint density at radius 3 is 2.19 bits per heavy atom. The van der Waals surface area contributed by atoms with Crippen molar-refractivity contribution in [1.82, 2.24) is 4.90 Å². The maximum absolute atomic E-state index is 12.4. The van der Waals surface area contributed by atoms with E-state index < -0.39 is 6.04 Å². The molecule has 1 atom stereocenters. The molecule has 4 nitrogen and oxygen atoms in total. The monoisotopic (exact) mass is 291 g/mol. The molecule has 0 fully saturated rings. The number of nitrogens with zero attached hydrogens (tertiary/aromatic N) is 2. The summed E-state index contributed by atoms with van der Waals surface area (Å²) in [5, 5.41) is 0. The van der Waals surface area contributed by atoms with Crippen LogP contribution in [0, 0.1) is 5.92 Å². The quantitative estimate of drug-likeness (QED) is 0.839. The fraction of sp³-hybridized carbons (Fsp3) is 0.588. The van der Waals surface area contributed by atoms with Crippen molar-refractivity contribution in [2.24, 2.45) is 11.7 Å². The number of likely N-dealkylation sites (N-methyl/N-ethyl adjacent to an activating group) is 1. The van der Waals surface area contributed by atoms with E-state index in [-0.39, 0.29) is 5.91 Å². The lowest BCUT2D eigenvalue weighted by atomic mass is 10.0. The number of nitrogens with two attached hydrogens (primary N) is 1. The van der Waals surface area contributed by atoms with Crippen LogP contribution in [0.2, 0.25) is 0 Å². The first-order chi connectivity index (χ1) is 9.85. The van der Waals surface area contributed by atoms with Crippen LogP contribution in [0.15, 0.2) is 24.3 Å². The molecule has 0 saturated heterocycles. The molecule has 0 aliphatic rings. The number of hydrogen-bond acceptors (Lipinski definition) is 3. The van der Waals surface area contributed by atoms with E-state index in [1.54, 1.807) is 0 Å². The molecule has 0 bridgehead atoms. The number of hydrogen-bond donors (Lipinski definition) is 1. The third-order valence-electron chi connectivity index (χ3n) is 3.56. The van der Waals surface area contributed by atoms with Crippen LogP contribution in [-0.2, 0) is 11.3 Å². The molecule has 1 aromatic carbocycles. The van der Waals surface area contributed by atoms with Gasteiger partial charge in [-0.1, -0.05) is 26.0 Å². The van der Waals surface area contributed by atoms with Crippen molar-refractivity contribution in [3.63, 3.8) is 0 Å². The molecule has 118 valence electrons. The molecule has 0 aliphatic carbocycles. The molecule has 1 rings (SSSR count). The summed E-state index contributed by atoms with van der Waals surface area (Å²) in [6, 6.07) is 7.88. The number of carbonyl (C=O) groups excluding carboxylic acids is 1. The first-order valence-corrected chi connectivity index (χ1v) is 7.65. The summed E-state index contributed by atoms with van der Waals surface area (Å²) >= 11 is 0. The molecule has 0 radical (unpaired) electrons. The lowest BCUT2D eigenvalue weighted by Gasteiger charge is -2.25. The average molecular weight is 291 g/mol. The first kappa shape index (κ1) is 17.5. The summed E-state index contributed by atoms with van der Waals surface area (Å²) in [5.74, 6) is 0.477. The van der Waals surface area contributed by atoms with Gasteiger partial charge in [-0.25, -0.2) is 0 Å². The van der Waals surface area contributed by atoms with E-state index in [1.807, 2.05) is 25.9 Å². The van der Waals surface area contributed by atoms with E-state index in [0.717, 1.165) is 17.7 Å². The van der Waals surface area contributed by atoms with Crippen molar-refractivity contribution in [2.45, 2.75) is 39.8 Å². The van der Waals surface area contributed by atoms with Crippen LogP contribution in [0.1, 0.15) is 32.8 Å². The van der Waals surface area contributed by atoms with Gasteiger partial charge in [0.25, 0.3) is 0 Å². The average Bonchev–Trinajstić information content (AvgIpc) is 2.43. The maximum atomic E-state index is 12.4. The molecule has 0 aromatic heterocycles. The Bertz CT molecular complexity index is 440. The second kappa shape index (κ2) is 8.03. The Balaban J connectivity index is 2.70. The Morgan fingerprint density at radius 1 is 1.19 bits per heavy atom. The van der Waals surface area contributed by atoms with Gasteiger partial charge in [0, 0.05) is 32.9 Å². The van der Waals surface area contributed by atoms with Gasteiger partial charge in [-0.15, -0.1) is 0 Å². The number of rotatable bonds is 7. The topological polar surface area (TPSA) is 49.6 Å². The van der Waals surface area contributed by atoms with Crippen LogP contribution < -0.4 is 10.6 Å². The highest BCUT2D eigenvalue weighted by Crippen LogP contribution is 2.15. The minimum absolute atomic E-state index is 0.0443. The van der Waals surface area contributed by atoms with Gasteiger partial charge < -0.3 is 15.5 Å². The van der Waals surface area contributed by atoms with E-state index in [2.05, 4.69) is 43.0 Å². The van der Waals surface area contributed by atoms with Crippen LogP contribution in [0.5, 0.6) is 0 Å². The molecule has 0 spiro atoms. The predicted octanol–water partition coefficient (Wildman–Crippen LogP) is 2.47. The molecule has 0 saturated carbocycles. The SMILES string of the molecule is CCN(Cc1ccc(N(C)C)cc1)C(=O)C(N)CC(C)C. The molecule has 21 heavy (non-hydrogen) atoms. The van der Waals surface area contributed by atoms with Gasteiger partial charge in [0.2, 0.25) is 5.91 Å². The lowest BCUT2D eigenvalue weighted by molar-refractivity contribution is -0.133. The molecule has 1 amide bonds. The first-order valence-electron chi connectivity index (χ1n) is 7.65. The van der Waals surface area contributed by atoms with Crippen LogP contribution in [0.4, 0.5) is 5.69 Å². The molecule has 4 heteroatoms. The normalized spacial score (nSPS) is 12.3. The minimum atomic E-state index is -0.397. The molecular weight excluding hydrogens is 262 g/mol. The van der Waals surface area contributed by atoms with E-state index in [1.165, 1.54) is 0 Å². The summed E-state index contributed by atoms with van der Waals surface area (Å²) < 4.78 is 0. The molecule has 2 N–H and O–H groups in total. The summed E-state index contributed by atoms with van der Waals surface area (Å²) in [6.07, 6.45) is 0.731. The standard InChI is InChI=1S/C17H29N3O/c1-6-20(17(21)16(18)11-13(2)3)12-14-7-9-15(10-8-14)19(4)5/h7-10,13,16H,6,11-12,18H2,1-5H3. The van der Waals surface area contributed by atoms with Crippen molar-refractivity contribution in [1.29, 1.82) is 0 Å². The second-order valence-electron chi connectivity index (χ2n) is 6.15. The maximum Gasteiger partial charge on any atom is 0.239 e. The third-order valence-corrected chi connectivity index (χ3v) is 3.56. The zero-order valence-electron chi connectivity index (χ0n) is 14.0. The Kier molecular flexibility index (Phi) is 6.69. The van der Waals surface area contributed by atoms with Crippen LogP contribution >= 0.6 is 0 Å². The molecule has 0 aliphatic heterocycles. The van der Waals surface area contributed by atoms with Crippen LogP contribution in [0.25, 0.3) is 0 Å². The van der Waals surface area contributed by atoms with Crippen molar-refractivity contribution in [3.05, 3.63) is 29.8 Å². The van der Waals surface area contributed by atoms with Gasteiger partial charge in [-0.2, -0.15) is 0 Å². The van der Waals surface area contributed by atoms with Gasteiger partial charge in [-0.3, -0.25) is 4.79 Å². The number of anilines is 1. The Morgan fingerprint density at radius 2 is 1.76 bits per heavy atom. The smallest absolute Gasteiger partial charge is 0.239 e. The zero-order chi connectivity index (χ0) is 16.0. The number of amides is 1. The summed E-state index contributed by atoms with van der Waals surface area (Å²) in [6.45, 7) is 7.47. The van der Waals surface area contributed by atoms with E-state index in [0.29, 0.717) is 19.0 Å². The van der Waals surface area contributed by atoms with E-state index in [9.17, 15) is 4.79 Å². The van der Waals surface area contributed by atoms with Crippen LogP contribution in [-0.4, -0.2) is 37.5 Å². The number of carbonyl (C=O) groups is 1. The van der Waals surface area contributed by atoms with Crippen molar-refractivity contribution >= 4 is 11.6 Å². The Labute approximate surface area is 128 Å². The highest BCUT2D eigenvalue weighted by Gasteiger charge is 2.20. The van der Waals surface area contributed by atoms with Crippen molar-refractivity contribution in [2.75, 3.05) is 25.5 Å². The largest absolute Gasteiger partial charge is 0.378 e.